The Bertz CT molecular complexity index is 572. The zero-order chi connectivity index (χ0) is 13.1. The van der Waals surface area contributed by atoms with Gasteiger partial charge >= 0.3 is 0 Å². The minimum atomic E-state index is -0.248. The van der Waals surface area contributed by atoms with Gasteiger partial charge in [0.05, 0.1) is 4.47 Å². The van der Waals surface area contributed by atoms with Crippen LogP contribution in [-0.2, 0) is 6.54 Å². The SMILES string of the molecule is Fc1cc(CNc2cc(Br)ccc2Br)ccc1Br. The number of hydrogen-bond donors (Lipinski definition) is 1. The lowest BCUT2D eigenvalue weighted by Crippen LogP contribution is -2.00. The first kappa shape index (κ1) is 14.0. The van der Waals surface area contributed by atoms with Crippen LogP contribution in [-0.4, -0.2) is 0 Å². The van der Waals surface area contributed by atoms with Gasteiger partial charge in [-0.25, -0.2) is 4.39 Å². The molecule has 5 heteroatoms. The topological polar surface area (TPSA) is 12.0 Å². The van der Waals surface area contributed by atoms with Gasteiger partial charge in [0.1, 0.15) is 5.82 Å². The molecule has 0 aliphatic carbocycles. The molecule has 2 aromatic carbocycles. The van der Waals surface area contributed by atoms with E-state index in [1.807, 2.05) is 24.3 Å². The second-order valence-corrected chi connectivity index (χ2v) is 6.35. The lowest BCUT2D eigenvalue weighted by Gasteiger charge is -2.09. The number of halogens is 4. The monoisotopic (exact) mass is 435 g/mol. The Hall–Kier alpha value is -0.390. The zero-order valence-electron chi connectivity index (χ0n) is 9.18. The number of rotatable bonds is 3. The van der Waals surface area contributed by atoms with E-state index in [1.165, 1.54) is 6.07 Å². The van der Waals surface area contributed by atoms with Crippen molar-refractivity contribution in [1.82, 2.24) is 0 Å². The molecule has 0 aromatic heterocycles. The maximum atomic E-state index is 13.4. The molecule has 0 spiro atoms. The summed E-state index contributed by atoms with van der Waals surface area (Å²) in [4.78, 5) is 0. The van der Waals surface area contributed by atoms with Crippen LogP contribution in [0, 0.1) is 5.82 Å². The van der Waals surface area contributed by atoms with Crippen molar-refractivity contribution >= 4 is 53.5 Å². The molecule has 2 aromatic rings. The van der Waals surface area contributed by atoms with Gasteiger partial charge in [0.25, 0.3) is 0 Å². The Morgan fingerprint density at radius 2 is 1.67 bits per heavy atom. The summed E-state index contributed by atoms with van der Waals surface area (Å²) in [5, 5.41) is 3.26. The molecule has 0 saturated carbocycles. The molecule has 0 aliphatic heterocycles. The van der Waals surface area contributed by atoms with Crippen molar-refractivity contribution in [2.24, 2.45) is 0 Å². The molecular weight excluding hydrogens is 429 g/mol. The van der Waals surface area contributed by atoms with Crippen molar-refractivity contribution in [2.45, 2.75) is 6.54 Å². The highest BCUT2D eigenvalue weighted by atomic mass is 79.9. The summed E-state index contributed by atoms with van der Waals surface area (Å²) in [5.41, 5.74) is 1.86. The molecule has 1 N–H and O–H groups in total. The maximum Gasteiger partial charge on any atom is 0.137 e. The first-order chi connectivity index (χ1) is 8.56. The summed E-state index contributed by atoms with van der Waals surface area (Å²) in [6, 6.07) is 11.0. The van der Waals surface area contributed by atoms with E-state index < -0.39 is 0 Å². The van der Waals surface area contributed by atoms with Crippen LogP contribution in [0.15, 0.2) is 49.8 Å². The standard InChI is InChI=1S/C13H9Br3FN/c14-9-2-4-11(16)13(6-9)18-7-8-1-3-10(15)12(17)5-8/h1-6,18H,7H2. The van der Waals surface area contributed by atoms with E-state index in [1.54, 1.807) is 6.07 Å². The van der Waals surface area contributed by atoms with Crippen LogP contribution in [0.1, 0.15) is 5.56 Å². The Morgan fingerprint density at radius 3 is 2.39 bits per heavy atom. The average molecular weight is 438 g/mol. The largest absolute Gasteiger partial charge is 0.380 e. The lowest BCUT2D eigenvalue weighted by molar-refractivity contribution is 0.619. The number of benzene rings is 2. The molecule has 0 unspecified atom stereocenters. The van der Waals surface area contributed by atoms with Gasteiger partial charge in [-0.2, -0.15) is 0 Å². The fraction of sp³-hybridized carbons (Fsp3) is 0.0769. The Balaban J connectivity index is 2.11. The van der Waals surface area contributed by atoms with Gasteiger partial charge in [0.2, 0.25) is 0 Å². The lowest BCUT2D eigenvalue weighted by atomic mass is 10.2. The zero-order valence-corrected chi connectivity index (χ0v) is 13.9. The molecule has 1 nitrogen and oxygen atoms in total. The van der Waals surface area contributed by atoms with Crippen molar-refractivity contribution in [2.75, 3.05) is 5.32 Å². The van der Waals surface area contributed by atoms with Crippen molar-refractivity contribution in [3.8, 4) is 0 Å². The molecule has 2 rings (SSSR count). The number of hydrogen-bond acceptors (Lipinski definition) is 1. The van der Waals surface area contributed by atoms with E-state index in [2.05, 4.69) is 53.1 Å². The molecule has 0 aliphatic rings. The van der Waals surface area contributed by atoms with Gasteiger partial charge in [-0.3, -0.25) is 0 Å². The highest BCUT2D eigenvalue weighted by molar-refractivity contribution is 9.11. The Morgan fingerprint density at radius 1 is 0.944 bits per heavy atom. The third-order valence-electron chi connectivity index (χ3n) is 2.40. The fourth-order valence-electron chi connectivity index (χ4n) is 1.48. The number of anilines is 1. The quantitative estimate of drug-likeness (QED) is 0.647. The van der Waals surface area contributed by atoms with Crippen molar-refractivity contribution in [3.63, 3.8) is 0 Å². The van der Waals surface area contributed by atoms with Crippen LogP contribution in [0.5, 0.6) is 0 Å². The van der Waals surface area contributed by atoms with E-state index in [0.717, 1.165) is 20.2 Å². The molecule has 0 atom stereocenters. The minimum absolute atomic E-state index is 0.248. The van der Waals surface area contributed by atoms with E-state index in [-0.39, 0.29) is 5.82 Å². The minimum Gasteiger partial charge on any atom is -0.380 e. The highest BCUT2D eigenvalue weighted by Gasteiger charge is 2.03. The Labute approximate surface area is 130 Å². The Kier molecular flexibility index (Phi) is 4.81. The maximum absolute atomic E-state index is 13.4. The third-order valence-corrected chi connectivity index (χ3v) is 4.22. The van der Waals surface area contributed by atoms with Gasteiger partial charge in [0, 0.05) is 21.2 Å². The van der Waals surface area contributed by atoms with Crippen molar-refractivity contribution < 1.29 is 4.39 Å². The summed E-state index contributed by atoms with van der Waals surface area (Å²) >= 11 is 10.0. The van der Waals surface area contributed by atoms with Gasteiger partial charge in [0.15, 0.2) is 0 Å². The van der Waals surface area contributed by atoms with Crippen LogP contribution >= 0.6 is 47.8 Å². The van der Waals surface area contributed by atoms with E-state index in [4.69, 9.17) is 0 Å². The second-order valence-electron chi connectivity index (χ2n) is 3.73. The van der Waals surface area contributed by atoms with Gasteiger partial charge in [-0.15, -0.1) is 0 Å². The predicted molar refractivity (Wildman–Crippen MR) is 83.3 cm³/mol. The van der Waals surface area contributed by atoms with Crippen LogP contribution in [0.2, 0.25) is 0 Å². The van der Waals surface area contributed by atoms with Crippen LogP contribution in [0.25, 0.3) is 0 Å². The molecule has 94 valence electrons. The molecule has 0 heterocycles. The summed E-state index contributed by atoms with van der Waals surface area (Å²) in [6.07, 6.45) is 0. The second kappa shape index (κ2) is 6.17. The average Bonchev–Trinajstić information content (AvgIpc) is 2.34. The molecule has 0 bridgehead atoms. The molecule has 0 fully saturated rings. The van der Waals surface area contributed by atoms with Crippen LogP contribution < -0.4 is 5.32 Å². The third kappa shape index (κ3) is 3.56. The van der Waals surface area contributed by atoms with E-state index >= 15 is 0 Å². The smallest absolute Gasteiger partial charge is 0.137 e. The normalized spacial score (nSPS) is 10.4. The number of nitrogens with one attached hydrogen (secondary N) is 1. The van der Waals surface area contributed by atoms with Gasteiger partial charge in [-0.1, -0.05) is 22.0 Å². The van der Waals surface area contributed by atoms with Crippen molar-refractivity contribution in [1.29, 1.82) is 0 Å². The first-order valence-corrected chi connectivity index (χ1v) is 7.57. The van der Waals surface area contributed by atoms with E-state index in [9.17, 15) is 4.39 Å². The highest BCUT2D eigenvalue weighted by Crippen LogP contribution is 2.27. The van der Waals surface area contributed by atoms with Gasteiger partial charge in [-0.05, 0) is 67.8 Å². The summed E-state index contributed by atoms with van der Waals surface area (Å²) < 4.78 is 15.8. The summed E-state index contributed by atoms with van der Waals surface area (Å²) in [7, 11) is 0. The van der Waals surface area contributed by atoms with Gasteiger partial charge < -0.3 is 5.32 Å². The van der Waals surface area contributed by atoms with Crippen LogP contribution in [0.3, 0.4) is 0 Å². The van der Waals surface area contributed by atoms with E-state index in [0.29, 0.717) is 11.0 Å². The van der Waals surface area contributed by atoms with Crippen molar-refractivity contribution in [3.05, 3.63) is 61.2 Å². The first-order valence-electron chi connectivity index (χ1n) is 5.19. The fourth-order valence-corrected chi connectivity index (χ4v) is 2.47. The molecular formula is C13H9Br3FN. The molecule has 18 heavy (non-hydrogen) atoms. The van der Waals surface area contributed by atoms with Crippen LogP contribution in [0.4, 0.5) is 10.1 Å². The molecule has 0 saturated heterocycles. The summed E-state index contributed by atoms with van der Waals surface area (Å²) in [5.74, 6) is -0.248. The molecule has 0 amide bonds. The molecule has 0 radical (unpaired) electrons. The summed E-state index contributed by atoms with van der Waals surface area (Å²) in [6.45, 7) is 0.569. The predicted octanol–water partition coefficient (Wildman–Crippen LogP) is 5.73.